The van der Waals surface area contributed by atoms with Crippen molar-refractivity contribution in [2.75, 3.05) is 32.0 Å². The fourth-order valence-corrected chi connectivity index (χ4v) is 1.74. The summed E-state index contributed by atoms with van der Waals surface area (Å²) in [6.45, 7) is 0.596. The number of hydrogen-bond donors (Lipinski definition) is 2. The molecule has 1 aromatic rings. The number of nitrogens with one attached hydrogen (secondary N) is 2. The molecule has 7 heteroatoms. The molecular formula is C15H18ClN3O3. The van der Waals surface area contributed by atoms with Crippen molar-refractivity contribution in [3.63, 3.8) is 0 Å². The van der Waals surface area contributed by atoms with E-state index in [9.17, 15) is 4.79 Å². The predicted molar refractivity (Wildman–Crippen MR) is 85.2 cm³/mol. The van der Waals surface area contributed by atoms with Crippen LogP contribution in [-0.2, 0) is 4.79 Å². The number of nitrogens with zero attached hydrogens (tertiary/aromatic N) is 1. The number of ether oxygens (including phenoxy) is 2. The Morgan fingerprint density at radius 3 is 2.68 bits per heavy atom. The number of benzene rings is 1. The minimum absolute atomic E-state index is 0.0237. The largest absolute Gasteiger partial charge is 0.493 e. The summed E-state index contributed by atoms with van der Waals surface area (Å²) >= 11 is 5.55. The lowest BCUT2D eigenvalue weighted by Gasteiger charge is -2.10. The molecule has 1 rings (SSSR count). The van der Waals surface area contributed by atoms with Crippen LogP contribution < -0.4 is 20.1 Å². The molecule has 0 aliphatic heterocycles. The molecule has 0 aromatic heterocycles. The summed E-state index contributed by atoms with van der Waals surface area (Å²) in [5.41, 5.74) is 0.480. The van der Waals surface area contributed by atoms with Crippen LogP contribution in [0, 0.1) is 11.3 Å². The Hall–Kier alpha value is -2.39. The maximum Gasteiger partial charge on any atom is 0.267 e. The molecule has 0 aliphatic rings. The van der Waals surface area contributed by atoms with Crippen molar-refractivity contribution < 1.29 is 14.3 Å². The van der Waals surface area contributed by atoms with Crippen molar-refractivity contribution in [3.05, 3.63) is 30.0 Å². The third-order valence-corrected chi connectivity index (χ3v) is 2.97. The molecule has 118 valence electrons. The highest BCUT2D eigenvalue weighted by atomic mass is 35.5. The average Bonchev–Trinajstić information content (AvgIpc) is 2.54. The van der Waals surface area contributed by atoms with Gasteiger partial charge in [0.2, 0.25) is 0 Å². The number of methoxy groups -OCH3 is 2. The van der Waals surface area contributed by atoms with Gasteiger partial charge in [-0.2, -0.15) is 5.26 Å². The normalized spacial score (nSPS) is 10.5. The molecule has 0 fully saturated rings. The molecule has 6 nitrogen and oxygen atoms in total. The molecule has 0 saturated heterocycles. The third kappa shape index (κ3) is 5.19. The predicted octanol–water partition coefficient (Wildman–Crippen LogP) is 2.27. The molecule has 0 atom stereocenters. The van der Waals surface area contributed by atoms with Crippen molar-refractivity contribution in [1.29, 1.82) is 5.26 Å². The summed E-state index contributed by atoms with van der Waals surface area (Å²) in [6, 6.07) is 6.80. The molecule has 22 heavy (non-hydrogen) atoms. The Morgan fingerprint density at radius 2 is 2.09 bits per heavy atom. The van der Waals surface area contributed by atoms with Crippen LogP contribution in [0.3, 0.4) is 0 Å². The van der Waals surface area contributed by atoms with E-state index < -0.39 is 5.91 Å². The van der Waals surface area contributed by atoms with Crippen LogP contribution in [0.4, 0.5) is 5.69 Å². The van der Waals surface area contributed by atoms with E-state index in [1.165, 1.54) is 20.4 Å². The Bertz CT molecular complexity index is 582. The van der Waals surface area contributed by atoms with E-state index in [0.717, 1.165) is 6.42 Å². The number of rotatable bonds is 8. The van der Waals surface area contributed by atoms with Crippen LogP contribution in [0.15, 0.2) is 30.0 Å². The molecule has 1 aromatic carbocycles. The summed E-state index contributed by atoms with van der Waals surface area (Å²) < 4.78 is 10.3. The SMILES string of the molecule is COc1ccc(NC(=O)/C(C#N)=C\NCCCCl)cc1OC. The van der Waals surface area contributed by atoms with E-state index >= 15 is 0 Å². The number of halogens is 1. The highest BCUT2D eigenvalue weighted by molar-refractivity contribution is 6.17. The number of nitriles is 1. The van der Waals surface area contributed by atoms with Gasteiger partial charge in [0.15, 0.2) is 11.5 Å². The van der Waals surface area contributed by atoms with Crippen LogP contribution in [0.5, 0.6) is 11.5 Å². The summed E-state index contributed by atoms with van der Waals surface area (Å²) in [7, 11) is 3.03. The molecule has 0 saturated carbocycles. The van der Waals surface area contributed by atoms with Crippen LogP contribution in [0.2, 0.25) is 0 Å². The van der Waals surface area contributed by atoms with Gasteiger partial charge in [-0.05, 0) is 18.6 Å². The summed E-state index contributed by atoms with van der Waals surface area (Å²) in [5, 5.41) is 14.5. The quantitative estimate of drug-likeness (QED) is 0.332. The Morgan fingerprint density at radius 1 is 1.36 bits per heavy atom. The molecule has 0 aliphatic carbocycles. The number of carbonyl (C=O) groups excluding carboxylic acids is 1. The first kappa shape index (κ1) is 17.7. The molecule has 1 amide bonds. The van der Waals surface area contributed by atoms with Crippen molar-refractivity contribution >= 4 is 23.2 Å². The highest BCUT2D eigenvalue weighted by Crippen LogP contribution is 2.29. The second-order valence-corrected chi connectivity index (χ2v) is 4.57. The number of hydrogen-bond acceptors (Lipinski definition) is 5. The van der Waals surface area contributed by atoms with E-state index in [1.54, 1.807) is 18.2 Å². The van der Waals surface area contributed by atoms with Gasteiger partial charge in [0.1, 0.15) is 11.6 Å². The maximum atomic E-state index is 12.0. The molecule has 2 N–H and O–H groups in total. The van der Waals surface area contributed by atoms with Gasteiger partial charge >= 0.3 is 0 Å². The second-order valence-electron chi connectivity index (χ2n) is 4.19. The number of anilines is 1. The van der Waals surface area contributed by atoms with E-state index in [2.05, 4.69) is 10.6 Å². The lowest BCUT2D eigenvalue weighted by atomic mass is 10.2. The molecule has 0 spiro atoms. The molecule has 0 bridgehead atoms. The Balaban J connectivity index is 2.76. The topological polar surface area (TPSA) is 83.4 Å². The van der Waals surface area contributed by atoms with Crippen LogP contribution in [0.1, 0.15) is 6.42 Å². The summed E-state index contributed by atoms with van der Waals surface area (Å²) in [5.74, 6) is 1.05. The maximum absolute atomic E-state index is 12.0. The van der Waals surface area contributed by atoms with Gasteiger partial charge < -0.3 is 20.1 Å². The fourth-order valence-electron chi connectivity index (χ4n) is 1.60. The van der Waals surface area contributed by atoms with Gasteiger partial charge in [-0.25, -0.2) is 0 Å². The number of carbonyl (C=O) groups is 1. The first-order chi connectivity index (χ1) is 10.7. The van der Waals surface area contributed by atoms with E-state index in [-0.39, 0.29) is 5.57 Å². The van der Waals surface area contributed by atoms with Gasteiger partial charge in [-0.15, -0.1) is 11.6 Å². The van der Waals surface area contributed by atoms with Crippen LogP contribution in [-0.4, -0.2) is 32.6 Å². The van der Waals surface area contributed by atoms with E-state index in [1.807, 2.05) is 6.07 Å². The summed E-state index contributed by atoms with van der Waals surface area (Å²) in [4.78, 5) is 12.0. The molecule has 0 unspecified atom stereocenters. The zero-order valence-electron chi connectivity index (χ0n) is 12.5. The van der Waals surface area contributed by atoms with Crippen LogP contribution >= 0.6 is 11.6 Å². The zero-order valence-corrected chi connectivity index (χ0v) is 13.2. The first-order valence-corrected chi connectivity index (χ1v) is 7.12. The van der Waals surface area contributed by atoms with E-state index in [0.29, 0.717) is 29.6 Å². The minimum Gasteiger partial charge on any atom is -0.493 e. The van der Waals surface area contributed by atoms with Crippen molar-refractivity contribution in [2.24, 2.45) is 0 Å². The van der Waals surface area contributed by atoms with Gasteiger partial charge in [0.25, 0.3) is 5.91 Å². The van der Waals surface area contributed by atoms with Crippen LogP contribution in [0.25, 0.3) is 0 Å². The third-order valence-electron chi connectivity index (χ3n) is 2.71. The van der Waals surface area contributed by atoms with Gasteiger partial charge in [0.05, 0.1) is 14.2 Å². The van der Waals surface area contributed by atoms with Crippen molar-refractivity contribution in [2.45, 2.75) is 6.42 Å². The van der Waals surface area contributed by atoms with Crippen molar-refractivity contribution in [3.8, 4) is 17.6 Å². The molecule has 0 heterocycles. The first-order valence-electron chi connectivity index (χ1n) is 6.59. The molecular weight excluding hydrogens is 306 g/mol. The fraction of sp³-hybridized carbons (Fsp3) is 0.333. The Kier molecular flexibility index (Phi) is 7.65. The van der Waals surface area contributed by atoms with Gasteiger partial charge in [0, 0.05) is 30.4 Å². The number of amides is 1. The van der Waals surface area contributed by atoms with Crippen molar-refractivity contribution in [1.82, 2.24) is 5.32 Å². The second kappa shape index (κ2) is 9.53. The lowest BCUT2D eigenvalue weighted by molar-refractivity contribution is -0.112. The Labute approximate surface area is 134 Å². The van der Waals surface area contributed by atoms with E-state index in [4.69, 9.17) is 26.3 Å². The zero-order chi connectivity index (χ0) is 16.4. The minimum atomic E-state index is -0.506. The number of alkyl halides is 1. The standard InChI is InChI=1S/C15H18ClN3O3/c1-21-13-5-4-12(8-14(13)22-2)19-15(20)11(9-17)10-18-7-3-6-16/h4-5,8,10,18H,3,6-7H2,1-2H3,(H,19,20)/b11-10-. The highest BCUT2D eigenvalue weighted by Gasteiger charge is 2.11. The molecule has 0 radical (unpaired) electrons. The monoisotopic (exact) mass is 323 g/mol. The van der Waals surface area contributed by atoms with Gasteiger partial charge in [-0.3, -0.25) is 4.79 Å². The lowest BCUT2D eigenvalue weighted by Crippen LogP contribution is -2.17. The smallest absolute Gasteiger partial charge is 0.267 e. The summed E-state index contributed by atoms with van der Waals surface area (Å²) in [6.07, 6.45) is 2.12. The van der Waals surface area contributed by atoms with Gasteiger partial charge in [-0.1, -0.05) is 0 Å². The average molecular weight is 324 g/mol.